The van der Waals surface area contributed by atoms with Gasteiger partial charge in [0, 0.05) is 5.41 Å². The lowest BCUT2D eigenvalue weighted by Crippen LogP contribution is -2.28. The molecule has 2 unspecified atom stereocenters. The molecule has 0 saturated heterocycles. The molecule has 0 amide bonds. The standard InChI is InChI=1S/C15H22O/c1-6-12(3)15(4,5)14(16)13-9-7-11(2)8-10-13/h6-10,12,14,16H,1H2,2-5H3. The van der Waals surface area contributed by atoms with Crippen LogP contribution in [0.1, 0.15) is 38.0 Å². The first-order valence-electron chi connectivity index (χ1n) is 5.76. The molecule has 0 aliphatic heterocycles. The summed E-state index contributed by atoms with van der Waals surface area (Å²) in [6, 6.07) is 8.07. The Bertz CT molecular complexity index is 348. The van der Waals surface area contributed by atoms with Crippen LogP contribution in [0.4, 0.5) is 0 Å². The zero-order valence-corrected chi connectivity index (χ0v) is 10.7. The number of aliphatic hydroxyl groups is 1. The van der Waals surface area contributed by atoms with Crippen LogP contribution in [0, 0.1) is 18.3 Å². The van der Waals surface area contributed by atoms with Crippen molar-refractivity contribution < 1.29 is 5.11 Å². The smallest absolute Gasteiger partial charge is 0.0846 e. The van der Waals surface area contributed by atoms with E-state index in [0.717, 1.165) is 5.56 Å². The maximum absolute atomic E-state index is 10.4. The van der Waals surface area contributed by atoms with Crippen LogP contribution in [0.15, 0.2) is 36.9 Å². The van der Waals surface area contributed by atoms with E-state index in [2.05, 4.69) is 27.4 Å². The van der Waals surface area contributed by atoms with E-state index in [4.69, 9.17) is 0 Å². The highest BCUT2D eigenvalue weighted by molar-refractivity contribution is 5.24. The summed E-state index contributed by atoms with van der Waals surface area (Å²) in [6.45, 7) is 12.1. The highest BCUT2D eigenvalue weighted by atomic mass is 16.3. The summed E-state index contributed by atoms with van der Waals surface area (Å²) < 4.78 is 0. The summed E-state index contributed by atoms with van der Waals surface area (Å²) >= 11 is 0. The Morgan fingerprint density at radius 3 is 2.19 bits per heavy atom. The van der Waals surface area contributed by atoms with E-state index in [9.17, 15) is 5.11 Å². The quantitative estimate of drug-likeness (QED) is 0.760. The Hall–Kier alpha value is -1.08. The lowest BCUT2D eigenvalue weighted by molar-refractivity contribution is 0.0241. The van der Waals surface area contributed by atoms with Gasteiger partial charge in [-0.15, -0.1) is 6.58 Å². The van der Waals surface area contributed by atoms with Crippen molar-refractivity contribution in [2.45, 2.75) is 33.8 Å². The molecular formula is C15H22O. The first kappa shape index (κ1) is 13.0. The van der Waals surface area contributed by atoms with Gasteiger partial charge in [-0.25, -0.2) is 0 Å². The van der Waals surface area contributed by atoms with Crippen molar-refractivity contribution in [2.24, 2.45) is 11.3 Å². The second-order valence-corrected chi connectivity index (χ2v) is 5.16. The van der Waals surface area contributed by atoms with Gasteiger partial charge in [-0.3, -0.25) is 0 Å². The van der Waals surface area contributed by atoms with Gasteiger partial charge in [0.25, 0.3) is 0 Å². The van der Waals surface area contributed by atoms with E-state index < -0.39 is 6.10 Å². The predicted octanol–water partition coefficient (Wildman–Crippen LogP) is 3.88. The maximum Gasteiger partial charge on any atom is 0.0846 e. The molecule has 0 aliphatic rings. The van der Waals surface area contributed by atoms with Crippen molar-refractivity contribution in [3.63, 3.8) is 0 Å². The van der Waals surface area contributed by atoms with E-state index in [1.54, 1.807) is 0 Å². The van der Waals surface area contributed by atoms with Crippen molar-refractivity contribution in [3.05, 3.63) is 48.0 Å². The van der Waals surface area contributed by atoms with Crippen LogP contribution in [0.25, 0.3) is 0 Å². The van der Waals surface area contributed by atoms with E-state index in [0.29, 0.717) is 0 Å². The van der Waals surface area contributed by atoms with Crippen molar-refractivity contribution in [1.29, 1.82) is 0 Å². The molecule has 0 radical (unpaired) electrons. The summed E-state index contributed by atoms with van der Waals surface area (Å²) in [5.74, 6) is 0.267. The summed E-state index contributed by atoms with van der Waals surface area (Å²) in [7, 11) is 0. The minimum atomic E-state index is -0.457. The van der Waals surface area contributed by atoms with Crippen molar-refractivity contribution in [2.75, 3.05) is 0 Å². The van der Waals surface area contributed by atoms with Crippen molar-refractivity contribution in [1.82, 2.24) is 0 Å². The van der Waals surface area contributed by atoms with Gasteiger partial charge in [0.15, 0.2) is 0 Å². The van der Waals surface area contributed by atoms with E-state index in [1.807, 2.05) is 37.3 Å². The molecule has 1 heteroatoms. The predicted molar refractivity (Wildman–Crippen MR) is 69.3 cm³/mol. The zero-order chi connectivity index (χ0) is 12.3. The van der Waals surface area contributed by atoms with Crippen LogP contribution >= 0.6 is 0 Å². The molecule has 1 N–H and O–H groups in total. The van der Waals surface area contributed by atoms with E-state index in [-0.39, 0.29) is 11.3 Å². The van der Waals surface area contributed by atoms with Crippen LogP contribution in [0.2, 0.25) is 0 Å². The third-order valence-electron chi connectivity index (χ3n) is 3.62. The first-order chi connectivity index (χ1) is 7.39. The summed E-state index contributed by atoms with van der Waals surface area (Å²) in [5.41, 5.74) is 1.99. The molecule has 0 aliphatic carbocycles. The minimum Gasteiger partial charge on any atom is -0.388 e. The number of hydrogen-bond acceptors (Lipinski definition) is 1. The van der Waals surface area contributed by atoms with Gasteiger partial charge in [-0.1, -0.05) is 56.7 Å². The first-order valence-corrected chi connectivity index (χ1v) is 5.76. The number of aryl methyl sites for hydroxylation is 1. The third kappa shape index (κ3) is 2.53. The van der Waals surface area contributed by atoms with Gasteiger partial charge in [0.1, 0.15) is 0 Å². The highest BCUT2D eigenvalue weighted by Gasteiger charge is 2.32. The Balaban J connectivity index is 2.96. The van der Waals surface area contributed by atoms with Crippen molar-refractivity contribution >= 4 is 0 Å². The number of benzene rings is 1. The monoisotopic (exact) mass is 218 g/mol. The number of aliphatic hydroxyl groups excluding tert-OH is 1. The summed E-state index contributed by atoms with van der Waals surface area (Å²) in [6.07, 6.45) is 1.44. The molecule has 2 atom stereocenters. The Labute approximate surface area is 98.8 Å². The Morgan fingerprint density at radius 1 is 1.25 bits per heavy atom. The molecule has 1 aromatic rings. The SMILES string of the molecule is C=CC(C)C(C)(C)C(O)c1ccc(C)cc1. The van der Waals surface area contributed by atoms with E-state index in [1.165, 1.54) is 5.56 Å². The van der Waals surface area contributed by atoms with Gasteiger partial charge in [-0.05, 0) is 18.4 Å². The number of allylic oxidation sites excluding steroid dienone is 1. The lowest BCUT2D eigenvalue weighted by Gasteiger charge is -2.35. The molecule has 0 fully saturated rings. The molecule has 0 aromatic heterocycles. The highest BCUT2D eigenvalue weighted by Crippen LogP contribution is 2.40. The molecule has 1 rings (SSSR count). The molecule has 1 nitrogen and oxygen atoms in total. The van der Waals surface area contributed by atoms with Gasteiger partial charge in [0.05, 0.1) is 6.10 Å². The Kier molecular flexibility index (Phi) is 3.93. The molecule has 1 aromatic carbocycles. The largest absolute Gasteiger partial charge is 0.388 e. The molecule has 0 spiro atoms. The zero-order valence-electron chi connectivity index (χ0n) is 10.7. The van der Waals surface area contributed by atoms with Gasteiger partial charge in [0.2, 0.25) is 0 Å². The molecule has 88 valence electrons. The van der Waals surface area contributed by atoms with Gasteiger partial charge >= 0.3 is 0 Å². The number of rotatable bonds is 4. The fourth-order valence-electron chi connectivity index (χ4n) is 1.73. The van der Waals surface area contributed by atoms with Crippen molar-refractivity contribution in [3.8, 4) is 0 Å². The van der Waals surface area contributed by atoms with Crippen LogP contribution in [-0.2, 0) is 0 Å². The lowest BCUT2D eigenvalue weighted by atomic mass is 9.73. The fraction of sp³-hybridized carbons (Fsp3) is 0.467. The Morgan fingerprint density at radius 2 is 1.75 bits per heavy atom. The fourth-order valence-corrected chi connectivity index (χ4v) is 1.73. The molecule has 0 bridgehead atoms. The van der Waals surface area contributed by atoms with Gasteiger partial charge < -0.3 is 5.11 Å². The van der Waals surface area contributed by atoms with E-state index >= 15 is 0 Å². The molecule has 0 heterocycles. The minimum absolute atomic E-state index is 0.197. The van der Waals surface area contributed by atoms with Gasteiger partial charge in [-0.2, -0.15) is 0 Å². The normalized spacial score (nSPS) is 15.6. The molecular weight excluding hydrogens is 196 g/mol. The van der Waals surface area contributed by atoms with Crippen LogP contribution in [-0.4, -0.2) is 5.11 Å². The molecule has 16 heavy (non-hydrogen) atoms. The molecule has 0 saturated carbocycles. The second kappa shape index (κ2) is 4.84. The second-order valence-electron chi connectivity index (χ2n) is 5.16. The topological polar surface area (TPSA) is 20.2 Å². The summed E-state index contributed by atoms with van der Waals surface area (Å²) in [5, 5.41) is 10.4. The third-order valence-corrected chi connectivity index (χ3v) is 3.62. The average Bonchev–Trinajstić information content (AvgIpc) is 2.28. The van der Waals surface area contributed by atoms with Crippen LogP contribution < -0.4 is 0 Å². The van der Waals surface area contributed by atoms with Crippen LogP contribution in [0.3, 0.4) is 0 Å². The maximum atomic E-state index is 10.4. The average molecular weight is 218 g/mol. The van der Waals surface area contributed by atoms with Crippen LogP contribution in [0.5, 0.6) is 0 Å². The summed E-state index contributed by atoms with van der Waals surface area (Å²) in [4.78, 5) is 0. The number of hydrogen-bond donors (Lipinski definition) is 1.